The van der Waals surface area contributed by atoms with Gasteiger partial charge >= 0.3 is 0 Å². The van der Waals surface area contributed by atoms with Crippen LogP contribution in [0.3, 0.4) is 0 Å². The molecule has 106 valence electrons. The van der Waals surface area contributed by atoms with Gasteiger partial charge in [-0.05, 0) is 38.1 Å². The molecule has 1 saturated heterocycles. The fourth-order valence-corrected chi connectivity index (χ4v) is 2.80. The number of hydrogen-bond acceptors (Lipinski definition) is 3. The molecule has 1 aliphatic rings. The van der Waals surface area contributed by atoms with Crippen LogP contribution in [0.1, 0.15) is 24.4 Å². The van der Waals surface area contributed by atoms with Gasteiger partial charge in [0.1, 0.15) is 5.58 Å². The molecular weight excluding hydrogens is 278 g/mol. The van der Waals surface area contributed by atoms with Crippen molar-refractivity contribution >= 4 is 28.5 Å². The summed E-state index contributed by atoms with van der Waals surface area (Å²) in [5.41, 5.74) is 0.673. The minimum Gasteiger partial charge on any atom is -0.451 e. The van der Waals surface area contributed by atoms with Crippen LogP contribution in [0.2, 0.25) is 5.02 Å². The van der Waals surface area contributed by atoms with Crippen molar-refractivity contribution in [1.29, 1.82) is 0 Å². The minimum atomic E-state index is -0.0978. The number of furan rings is 1. The minimum absolute atomic E-state index is 0.0431. The van der Waals surface area contributed by atoms with Crippen LogP contribution in [0.15, 0.2) is 28.7 Å². The second-order valence-electron chi connectivity index (χ2n) is 5.26. The molecule has 2 atom stereocenters. The predicted octanol–water partition coefficient (Wildman–Crippen LogP) is 3.34. The van der Waals surface area contributed by atoms with Crippen molar-refractivity contribution < 1.29 is 13.9 Å². The maximum atomic E-state index is 12.5. The lowest BCUT2D eigenvalue weighted by Crippen LogP contribution is -2.48. The molecule has 0 spiro atoms. The van der Waals surface area contributed by atoms with Crippen molar-refractivity contribution in [2.24, 2.45) is 0 Å². The van der Waals surface area contributed by atoms with Crippen molar-refractivity contribution in [3.8, 4) is 0 Å². The maximum absolute atomic E-state index is 12.5. The number of amides is 1. The summed E-state index contributed by atoms with van der Waals surface area (Å²) < 4.78 is 11.3. The topological polar surface area (TPSA) is 42.7 Å². The Morgan fingerprint density at radius 3 is 2.65 bits per heavy atom. The molecule has 1 aromatic carbocycles. The number of morpholine rings is 1. The molecular formula is C15H16ClNO3. The van der Waals surface area contributed by atoms with Gasteiger partial charge in [-0.1, -0.05) is 11.6 Å². The smallest absolute Gasteiger partial charge is 0.289 e. The number of halogens is 1. The van der Waals surface area contributed by atoms with Gasteiger partial charge in [0.2, 0.25) is 0 Å². The van der Waals surface area contributed by atoms with Gasteiger partial charge in [-0.3, -0.25) is 4.79 Å². The summed E-state index contributed by atoms with van der Waals surface area (Å²) in [5, 5.41) is 1.47. The molecule has 0 unspecified atom stereocenters. The molecule has 5 heteroatoms. The van der Waals surface area contributed by atoms with E-state index in [0.717, 1.165) is 5.39 Å². The van der Waals surface area contributed by atoms with Crippen molar-refractivity contribution in [2.45, 2.75) is 26.1 Å². The summed E-state index contributed by atoms with van der Waals surface area (Å²) in [7, 11) is 0. The van der Waals surface area contributed by atoms with Crippen molar-refractivity contribution in [3.05, 3.63) is 35.0 Å². The number of nitrogens with zero attached hydrogens (tertiary/aromatic N) is 1. The summed E-state index contributed by atoms with van der Waals surface area (Å²) in [6.07, 6.45) is 0.0862. The van der Waals surface area contributed by atoms with E-state index in [9.17, 15) is 4.79 Å². The zero-order chi connectivity index (χ0) is 14.3. The normalized spacial score (nSPS) is 23.2. The van der Waals surface area contributed by atoms with Crippen LogP contribution in [0, 0.1) is 0 Å². The molecule has 1 fully saturated rings. The number of hydrogen-bond donors (Lipinski definition) is 0. The number of carbonyl (C=O) groups excluding carboxylic acids is 1. The van der Waals surface area contributed by atoms with Gasteiger partial charge in [-0.15, -0.1) is 0 Å². The maximum Gasteiger partial charge on any atom is 0.289 e. The molecule has 1 amide bonds. The zero-order valence-corrected chi connectivity index (χ0v) is 12.2. The highest BCUT2D eigenvalue weighted by atomic mass is 35.5. The standard InChI is InChI=1S/C15H16ClNO3/c1-9-7-17(8-10(2)19-9)15(18)14-6-11-5-12(16)3-4-13(11)20-14/h3-6,9-10H,7-8H2,1-2H3/t9-,10+. The molecule has 20 heavy (non-hydrogen) atoms. The van der Waals surface area contributed by atoms with Crippen molar-refractivity contribution in [3.63, 3.8) is 0 Å². The Kier molecular flexibility index (Phi) is 3.44. The average molecular weight is 294 g/mol. The van der Waals surface area contributed by atoms with Crippen LogP contribution in [0.5, 0.6) is 0 Å². The number of fused-ring (bicyclic) bond motifs is 1. The second-order valence-corrected chi connectivity index (χ2v) is 5.70. The summed E-state index contributed by atoms with van der Waals surface area (Å²) >= 11 is 5.94. The first-order valence-corrected chi connectivity index (χ1v) is 7.04. The van der Waals surface area contributed by atoms with Crippen LogP contribution in [-0.4, -0.2) is 36.1 Å². The molecule has 0 N–H and O–H groups in total. The van der Waals surface area contributed by atoms with Gasteiger partial charge < -0.3 is 14.1 Å². The van der Waals surface area contributed by atoms with E-state index in [2.05, 4.69) is 0 Å². The SMILES string of the molecule is C[C@@H]1CN(C(=O)c2cc3cc(Cl)ccc3o2)C[C@H](C)O1. The fraction of sp³-hybridized carbons (Fsp3) is 0.400. The first kappa shape index (κ1) is 13.5. The van der Waals surface area contributed by atoms with E-state index < -0.39 is 0 Å². The van der Waals surface area contributed by atoms with E-state index in [1.807, 2.05) is 13.8 Å². The lowest BCUT2D eigenvalue weighted by Gasteiger charge is -2.34. The van der Waals surface area contributed by atoms with Crippen molar-refractivity contribution in [1.82, 2.24) is 4.90 Å². The molecule has 3 rings (SSSR count). The molecule has 2 heterocycles. The lowest BCUT2D eigenvalue weighted by atomic mass is 10.2. The molecule has 0 radical (unpaired) electrons. The molecule has 0 aliphatic carbocycles. The summed E-state index contributed by atoms with van der Waals surface area (Å²) in [5.74, 6) is 0.253. The molecule has 2 aromatic rings. The highest BCUT2D eigenvalue weighted by Gasteiger charge is 2.28. The van der Waals surface area contributed by atoms with Gasteiger partial charge in [0.25, 0.3) is 5.91 Å². The van der Waals surface area contributed by atoms with Gasteiger partial charge in [0.05, 0.1) is 12.2 Å². The highest BCUT2D eigenvalue weighted by Crippen LogP contribution is 2.24. The van der Waals surface area contributed by atoms with Gasteiger partial charge in [-0.25, -0.2) is 0 Å². The van der Waals surface area contributed by atoms with Crippen LogP contribution >= 0.6 is 11.6 Å². The third-order valence-corrected chi connectivity index (χ3v) is 3.63. The van der Waals surface area contributed by atoms with Crippen LogP contribution < -0.4 is 0 Å². The van der Waals surface area contributed by atoms with E-state index in [1.165, 1.54) is 0 Å². The predicted molar refractivity (Wildman–Crippen MR) is 77.1 cm³/mol. The van der Waals surface area contributed by atoms with E-state index in [-0.39, 0.29) is 18.1 Å². The second kappa shape index (κ2) is 5.11. The van der Waals surface area contributed by atoms with Gasteiger partial charge in [-0.2, -0.15) is 0 Å². The van der Waals surface area contributed by atoms with E-state index >= 15 is 0 Å². The fourth-order valence-electron chi connectivity index (χ4n) is 2.62. The molecule has 0 bridgehead atoms. The number of ether oxygens (including phenoxy) is 1. The average Bonchev–Trinajstić information content (AvgIpc) is 2.79. The first-order chi connectivity index (χ1) is 9.52. The lowest BCUT2D eigenvalue weighted by molar-refractivity contribution is -0.0591. The van der Waals surface area contributed by atoms with Gasteiger partial charge in [0, 0.05) is 23.5 Å². The summed E-state index contributed by atoms with van der Waals surface area (Å²) in [4.78, 5) is 14.3. The largest absolute Gasteiger partial charge is 0.451 e. The van der Waals surface area contributed by atoms with Crippen LogP contribution in [-0.2, 0) is 4.74 Å². The first-order valence-electron chi connectivity index (χ1n) is 6.67. The van der Waals surface area contributed by atoms with Crippen LogP contribution in [0.25, 0.3) is 11.0 Å². The van der Waals surface area contributed by atoms with E-state index in [0.29, 0.717) is 29.5 Å². The van der Waals surface area contributed by atoms with E-state index in [4.69, 9.17) is 20.8 Å². The Bertz CT molecular complexity index is 642. The van der Waals surface area contributed by atoms with Crippen LogP contribution in [0.4, 0.5) is 0 Å². The Morgan fingerprint density at radius 1 is 1.25 bits per heavy atom. The Morgan fingerprint density at radius 2 is 1.95 bits per heavy atom. The number of benzene rings is 1. The highest BCUT2D eigenvalue weighted by molar-refractivity contribution is 6.31. The van der Waals surface area contributed by atoms with E-state index in [1.54, 1.807) is 29.2 Å². The monoisotopic (exact) mass is 293 g/mol. The summed E-state index contributed by atoms with van der Waals surface area (Å²) in [6, 6.07) is 7.07. The summed E-state index contributed by atoms with van der Waals surface area (Å²) in [6.45, 7) is 5.10. The molecule has 0 saturated carbocycles. The zero-order valence-electron chi connectivity index (χ0n) is 11.4. The number of carbonyl (C=O) groups is 1. The third-order valence-electron chi connectivity index (χ3n) is 3.40. The molecule has 1 aromatic heterocycles. The molecule has 1 aliphatic heterocycles. The Balaban J connectivity index is 1.88. The number of rotatable bonds is 1. The molecule has 4 nitrogen and oxygen atoms in total. The third kappa shape index (κ3) is 2.53. The van der Waals surface area contributed by atoms with Crippen molar-refractivity contribution in [2.75, 3.05) is 13.1 Å². The quantitative estimate of drug-likeness (QED) is 0.810. The Hall–Kier alpha value is -1.52. The van der Waals surface area contributed by atoms with Gasteiger partial charge in [0.15, 0.2) is 5.76 Å². The Labute approximate surface area is 122 Å².